The highest BCUT2D eigenvalue weighted by molar-refractivity contribution is 7.99. The Morgan fingerprint density at radius 1 is 1.54 bits per heavy atom. The molecule has 0 aromatic heterocycles. The molecule has 0 saturated heterocycles. The molecule has 0 atom stereocenters. The lowest BCUT2D eigenvalue weighted by atomic mass is 10.5. The zero-order valence-corrected chi connectivity index (χ0v) is 9.66. The van der Waals surface area contributed by atoms with Crippen molar-refractivity contribution in [3.8, 4) is 0 Å². The first kappa shape index (κ1) is 13.1. The molecule has 0 fully saturated rings. The first-order valence-electron chi connectivity index (χ1n) is 4.07. The summed E-state index contributed by atoms with van der Waals surface area (Å²) in [5.74, 6) is 1.12. The van der Waals surface area contributed by atoms with Gasteiger partial charge in [0.05, 0.1) is 12.4 Å². The van der Waals surface area contributed by atoms with Gasteiger partial charge >= 0.3 is 0 Å². The summed E-state index contributed by atoms with van der Waals surface area (Å²) in [6.07, 6.45) is 1.91. The third kappa shape index (κ3) is 6.18. The van der Waals surface area contributed by atoms with Crippen LogP contribution >= 0.6 is 23.4 Å². The summed E-state index contributed by atoms with van der Waals surface area (Å²) in [6.45, 7) is 1.80. The van der Waals surface area contributed by atoms with E-state index in [1.165, 1.54) is 11.8 Å². The molecule has 3 nitrogen and oxygen atoms in total. The lowest BCUT2D eigenvalue weighted by molar-refractivity contribution is -0.128. The van der Waals surface area contributed by atoms with Crippen LogP contribution in [0.1, 0.15) is 0 Å². The topological polar surface area (TPSA) is 29.5 Å². The van der Waals surface area contributed by atoms with Gasteiger partial charge in [0.15, 0.2) is 0 Å². The van der Waals surface area contributed by atoms with E-state index in [1.807, 2.05) is 6.26 Å². The summed E-state index contributed by atoms with van der Waals surface area (Å²) in [5.41, 5.74) is 0. The number of ether oxygens (including phenoxy) is 1. The summed E-state index contributed by atoms with van der Waals surface area (Å²) < 4.78 is 4.90. The van der Waals surface area contributed by atoms with Crippen LogP contribution in [-0.2, 0) is 9.53 Å². The highest BCUT2D eigenvalue weighted by Crippen LogP contribution is 1.98. The Balaban J connectivity index is 3.83. The summed E-state index contributed by atoms with van der Waals surface area (Å²) in [7, 11) is 1.62. The largest absolute Gasteiger partial charge is 0.383 e. The van der Waals surface area contributed by atoms with Gasteiger partial charge in [0.2, 0.25) is 5.91 Å². The van der Waals surface area contributed by atoms with Crippen LogP contribution in [0.25, 0.3) is 0 Å². The molecular formula is C8H16ClNO2S. The first-order valence-corrected chi connectivity index (χ1v) is 6.00. The van der Waals surface area contributed by atoms with E-state index in [1.54, 1.807) is 12.0 Å². The smallest absolute Gasteiger partial charge is 0.232 e. The minimum Gasteiger partial charge on any atom is -0.383 e. The summed E-state index contributed by atoms with van der Waals surface area (Å²) in [4.78, 5) is 13.2. The van der Waals surface area contributed by atoms with Crippen molar-refractivity contribution in [1.29, 1.82) is 0 Å². The maximum Gasteiger partial charge on any atom is 0.232 e. The van der Waals surface area contributed by atoms with E-state index < -0.39 is 0 Å². The van der Waals surface area contributed by atoms with Gasteiger partial charge in [-0.05, 0) is 6.26 Å². The van der Waals surface area contributed by atoms with Crippen LogP contribution in [0.4, 0.5) is 0 Å². The van der Waals surface area contributed by atoms with Crippen LogP contribution in [0.5, 0.6) is 0 Å². The number of carbonyl (C=O) groups excluding carboxylic acids is 1. The molecule has 0 aromatic rings. The molecule has 0 spiro atoms. The Kier molecular flexibility index (Phi) is 8.71. The van der Waals surface area contributed by atoms with Crippen LogP contribution in [0, 0.1) is 0 Å². The molecule has 0 aliphatic rings. The maximum atomic E-state index is 11.4. The predicted molar refractivity (Wildman–Crippen MR) is 57.6 cm³/mol. The highest BCUT2D eigenvalue weighted by atomic mass is 35.5. The van der Waals surface area contributed by atoms with Gasteiger partial charge in [-0.15, -0.1) is 11.6 Å². The van der Waals surface area contributed by atoms with E-state index in [0.29, 0.717) is 31.3 Å². The molecule has 0 rings (SSSR count). The van der Waals surface area contributed by atoms with Crippen molar-refractivity contribution in [2.75, 3.05) is 44.7 Å². The monoisotopic (exact) mass is 225 g/mol. The molecule has 78 valence electrons. The van der Waals surface area contributed by atoms with Crippen LogP contribution in [0.2, 0.25) is 0 Å². The summed E-state index contributed by atoms with van der Waals surface area (Å²) >= 11 is 7.10. The van der Waals surface area contributed by atoms with E-state index >= 15 is 0 Å². The van der Waals surface area contributed by atoms with Crippen molar-refractivity contribution in [2.24, 2.45) is 0 Å². The Morgan fingerprint density at radius 3 is 2.69 bits per heavy atom. The zero-order valence-electron chi connectivity index (χ0n) is 8.09. The zero-order chi connectivity index (χ0) is 10.1. The van der Waals surface area contributed by atoms with Gasteiger partial charge < -0.3 is 9.64 Å². The van der Waals surface area contributed by atoms with Crippen LogP contribution in [0.15, 0.2) is 0 Å². The number of halogens is 1. The molecule has 0 aromatic carbocycles. The SMILES string of the molecule is COCCN(CCCl)C(=O)CSC. The molecule has 0 saturated carbocycles. The Morgan fingerprint density at radius 2 is 2.23 bits per heavy atom. The van der Waals surface area contributed by atoms with E-state index in [-0.39, 0.29) is 5.91 Å². The van der Waals surface area contributed by atoms with E-state index in [2.05, 4.69) is 0 Å². The van der Waals surface area contributed by atoms with Crippen molar-refractivity contribution in [3.05, 3.63) is 0 Å². The van der Waals surface area contributed by atoms with Crippen LogP contribution in [0.3, 0.4) is 0 Å². The number of nitrogens with zero attached hydrogens (tertiary/aromatic N) is 1. The van der Waals surface area contributed by atoms with Gasteiger partial charge in [0.1, 0.15) is 0 Å². The summed E-state index contributed by atoms with van der Waals surface area (Å²) in [5, 5.41) is 0. The fourth-order valence-corrected chi connectivity index (χ4v) is 1.51. The average Bonchev–Trinajstić information content (AvgIpc) is 2.12. The Hall–Kier alpha value is 0.0700. The lowest BCUT2D eigenvalue weighted by Gasteiger charge is -2.20. The number of thioether (sulfide) groups is 1. The maximum absolute atomic E-state index is 11.4. The molecule has 0 N–H and O–H groups in total. The summed E-state index contributed by atoms with van der Waals surface area (Å²) in [6, 6.07) is 0. The number of methoxy groups -OCH3 is 1. The second-order valence-corrected chi connectivity index (χ2v) is 3.74. The minimum atomic E-state index is 0.130. The molecule has 0 aliphatic carbocycles. The third-order valence-corrected chi connectivity index (χ3v) is 2.24. The van der Waals surface area contributed by atoms with Gasteiger partial charge in [-0.3, -0.25) is 4.79 Å². The molecule has 0 radical (unpaired) electrons. The van der Waals surface area contributed by atoms with Crippen LogP contribution < -0.4 is 0 Å². The van der Waals surface area contributed by atoms with E-state index in [4.69, 9.17) is 16.3 Å². The van der Waals surface area contributed by atoms with Gasteiger partial charge in [0.25, 0.3) is 0 Å². The molecular weight excluding hydrogens is 210 g/mol. The minimum absolute atomic E-state index is 0.130. The second-order valence-electron chi connectivity index (χ2n) is 2.50. The van der Waals surface area contributed by atoms with Gasteiger partial charge in [-0.2, -0.15) is 11.8 Å². The van der Waals surface area contributed by atoms with E-state index in [0.717, 1.165) is 0 Å². The van der Waals surface area contributed by atoms with Gasteiger partial charge in [-0.1, -0.05) is 0 Å². The highest BCUT2D eigenvalue weighted by Gasteiger charge is 2.10. The molecule has 0 aliphatic heterocycles. The number of rotatable bonds is 7. The number of carbonyl (C=O) groups is 1. The van der Waals surface area contributed by atoms with Gasteiger partial charge in [-0.25, -0.2) is 0 Å². The van der Waals surface area contributed by atoms with Gasteiger partial charge in [0, 0.05) is 26.1 Å². The predicted octanol–water partition coefficient (Wildman–Crippen LogP) is 1.06. The van der Waals surface area contributed by atoms with Crippen molar-refractivity contribution in [1.82, 2.24) is 4.90 Å². The number of alkyl halides is 1. The van der Waals surface area contributed by atoms with Crippen molar-refractivity contribution in [3.63, 3.8) is 0 Å². The number of amides is 1. The fourth-order valence-electron chi connectivity index (χ4n) is 0.879. The van der Waals surface area contributed by atoms with Crippen molar-refractivity contribution >= 4 is 29.3 Å². The Bertz CT molecular complexity index is 146. The second kappa shape index (κ2) is 8.66. The lowest BCUT2D eigenvalue weighted by Crippen LogP contribution is -2.36. The molecule has 0 unspecified atom stereocenters. The molecule has 13 heavy (non-hydrogen) atoms. The Labute approximate surface area is 88.8 Å². The molecule has 0 bridgehead atoms. The quantitative estimate of drug-likeness (QED) is 0.607. The first-order chi connectivity index (χ1) is 6.26. The van der Waals surface area contributed by atoms with Crippen LogP contribution in [-0.4, -0.2) is 55.5 Å². The third-order valence-electron chi connectivity index (χ3n) is 1.54. The average molecular weight is 226 g/mol. The normalized spacial score (nSPS) is 10.1. The standard InChI is InChI=1S/C8H16ClNO2S/c1-12-6-5-10(4-3-9)8(11)7-13-2/h3-7H2,1-2H3. The molecule has 5 heteroatoms. The molecule has 0 heterocycles. The van der Waals surface area contributed by atoms with Crippen molar-refractivity contribution < 1.29 is 9.53 Å². The number of hydrogen-bond acceptors (Lipinski definition) is 3. The molecule has 1 amide bonds. The number of hydrogen-bond donors (Lipinski definition) is 0. The van der Waals surface area contributed by atoms with Crippen molar-refractivity contribution in [2.45, 2.75) is 0 Å². The fraction of sp³-hybridized carbons (Fsp3) is 0.875. The van der Waals surface area contributed by atoms with E-state index in [9.17, 15) is 4.79 Å².